The molecule has 0 saturated heterocycles. The molecule has 3 fully saturated rings. The van der Waals surface area contributed by atoms with E-state index in [-0.39, 0.29) is 61.0 Å². The van der Waals surface area contributed by atoms with Crippen LogP contribution in [0.25, 0.3) is 0 Å². The van der Waals surface area contributed by atoms with Gasteiger partial charge >= 0.3 is 37.2 Å². The van der Waals surface area contributed by atoms with Crippen molar-refractivity contribution in [2.45, 2.75) is 57.7 Å². The SMILES string of the molecule is C[C@@]12C(=CC(=O)C=C1P(=O)(O)O)CC[C@@H]1[C@@H]2[C@@H](O)C[C@@]2(C)[C@H]1CC[C@]2(O)C(=O)CO.[H-].[Na+]. The van der Waals surface area contributed by atoms with E-state index < -0.39 is 54.2 Å². The molecule has 0 aliphatic heterocycles. The number of carbonyl (C=O) groups excluding carboxylic acids is 2. The van der Waals surface area contributed by atoms with E-state index in [9.17, 15) is 39.3 Å². The number of allylic oxidation sites excluding steroid dienone is 4. The Labute approximate surface area is 204 Å². The van der Waals surface area contributed by atoms with Crippen LogP contribution in [0.5, 0.6) is 0 Å². The van der Waals surface area contributed by atoms with Crippen LogP contribution >= 0.6 is 7.60 Å². The standard InChI is InChI=1S/C21H29O8P.Na.H/c1-19-9-15(24)18-13(14(19)5-6-21(19,26)16(25)10-22)4-3-11-7-12(23)8-17(20(11,18)2)30(27,28)29;;/h7-8,13-15,18,22,24,26H,3-6,9-10H2,1-2H3,(H2,27,28,29);;/q;+1;-1/t13-,14-,15-,18+,19-,20+,21-;;/m0../s1. The molecule has 0 unspecified atom stereocenters. The molecule has 7 atom stereocenters. The van der Waals surface area contributed by atoms with Gasteiger partial charge in [0.2, 0.25) is 0 Å². The average molecular weight is 464 g/mol. The maximum absolute atomic E-state index is 12.4. The first-order valence-corrected chi connectivity index (χ1v) is 12.0. The molecular weight excluding hydrogens is 434 g/mol. The number of rotatable bonds is 3. The number of aliphatic hydroxyl groups excluding tert-OH is 2. The Morgan fingerprint density at radius 2 is 1.90 bits per heavy atom. The minimum Gasteiger partial charge on any atom is -1.00 e. The smallest absolute Gasteiger partial charge is 1.00 e. The minimum atomic E-state index is -4.76. The van der Waals surface area contributed by atoms with Crippen LogP contribution in [0.4, 0.5) is 0 Å². The zero-order valence-corrected chi connectivity index (χ0v) is 21.0. The Hall–Kier alpha value is -0.150. The third-order valence-electron chi connectivity index (χ3n) is 8.73. The van der Waals surface area contributed by atoms with Gasteiger partial charge in [-0.2, -0.15) is 0 Å². The van der Waals surface area contributed by atoms with E-state index in [1.165, 1.54) is 6.08 Å². The number of aliphatic hydroxyl groups is 3. The third kappa shape index (κ3) is 3.37. The van der Waals surface area contributed by atoms with Gasteiger partial charge in [-0.1, -0.05) is 19.4 Å². The summed E-state index contributed by atoms with van der Waals surface area (Å²) in [6.45, 7) is 2.69. The molecule has 0 aromatic rings. The van der Waals surface area contributed by atoms with Crippen molar-refractivity contribution >= 4 is 19.2 Å². The predicted octanol–water partition coefficient (Wildman–Crippen LogP) is -1.82. The van der Waals surface area contributed by atoms with Crippen LogP contribution in [0.3, 0.4) is 0 Å². The fourth-order valence-electron chi connectivity index (χ4n) is 7.40. The average Bonchev–Trinajstić information content (AvgIpc) is 2.91. The maximum Gasteiger partial charge on any atom is 1.00 e. The van der Waals surface area contributed by atoms with Crippen LogP contribution in [0.2, 0.25) is 0 Å². The van der Waals surface area contributed by atoms with Crippen LogP contribution in [-0.2, 0) is 14.2 Å². The van der Waals surface area contributed by atoms with Crippen LogP contribution in [0.1, 0.15) is 47.4 Å². The Kier molecular flexibility index (Phi) is 6.54. The Morgan fingerprint density at radius 3 is 2.48 bits per heavy atom. The van der Waals surface area contributed by atoms with Gasteiger partial charge in [0.15, 0.2) is 11.6 Å². The van der Waals surface area contributed by atoms with E-state index in [0.29, 0.717) is 24.8 Å². The largest absolute Gasteiger partial charge is 1.00 e. The molecule has 168 valence electrons. The van der Waals surface area contributed by atoms with Crippen LogP contribution < -0.4 is 29.6 Å². The van der Waals surface area contributed by atoms with Crippen molar-refractivity contribution in [2.24, 2.45) is 28.6 Å². The number of Topliss-reactive ketones (excluding diaryl/α,β-unsaturated/α-hetero) is 1. The fourth-order valence-corrected chi connectivity index (χ4v) is 8.59. The summed E-state index contributed by atoms with van der Waals surface area (Å²) in [6, 6.07) is 0. The molecule has 0 aromatic carbocycles. The molecule has 0 bridgehead atoms. The summed E-state index contributed by atoms with van der Waals surface area (Å²) in [7, 11) is -4.76. The molecule has 0 heterocycles. The van der Waals surface area contributed by atoms with Crippen molar-refractivity contribution in [3.63, 3.8) is 0 Å². The number of hydrogen-bond acceptors (Lipinski definition) is 6. The van der Waals surface area contributed by atoms with Gasteiger partial charge in [0.05, 0.1) is 11.4 Å². The van der Waals surface area contributed by atoms with Gasteiger partial charge in [-0.15, -0.1) is 0 Å². The van der Waals surface area contributed by atoms with Gasteiger partial charge in [0.1, 0.15) is 12.2 Å². The molecule has 0 aromatic heterocycles. The molecule has 10 heteroatoms. The zero-order chi connectivity index (χ0) is 22.3. The van der Waals surface area contributed by atoms with E-state index in [1.54, 1.807) is 13.8 Å². The maximum atomic E-state index is 12.4. The normalized spacial score (nSPS) is 44.3. The Balaban J connectivity index is 0.00000181. The predicted molar refractivity (Wildman–Crippen MR) is 107 cm³/mol. The third-order valence-corrected chi connectivity index (χ3v) is 9.95. The van der Waals surface area contributed by atoms with E-state index in [1.807, 2.05) is 0 Å². The molecule has 3 saturated carbocycles. The van der Waals surface area contributed by atoms with Gasteiger partial charge in [-0.25, -0.2) is 0 Å². The second-order valence-electron chi connectivity index (χ2n) is 9.85. The van der Waals surface area contributed by atoms with E-state index in [0.717, 1.165) is 6.08 Å². The van der Waals surface area contributed by atoms with Crippen molar-refractivity contribution in [2.75, 3.05) is 6.61 Å². The molecule has 0 spiro atoms. The molecule has 0 radical (unpaired) electrons. The number of hydrogen-bond donors (Lipinski definition) is 5. The molecule has 5 N–H and O–H groups in total. The summed E-state index contributed by atoms with van der Waals surface area (Å²) in [6.07, 6.45) is 3.22. The first kappa shape index (κ1) is 25.5. The van der Waals surface area contributed by atoms with Gasteiger partial charge in [0.25, 0.3) is 0 Å². The quantitative estimate of drug-likeness (QED) is 0.242. The van der Waals surface area contributed by atoms with Crippen molar-refractivity contribution in [1.82, 2.24) is 0 Å². The molecular formula is C21H30NaO8P. The van der Waals surface area contributed by atoms with Gasteiger partial charge < -0.3 is 26.5 Å². The summed E-state index contributed by atoms with van der Waals surface area (Å²) in [5, 5.41) is 31.6. The zero-order valence-electron chi connectivity index (χ0n) is 19.1. The summed E-state index contributed by atoms with van der Waals surface area (Å²) < 4.78 is 12.3. The first-order valence-electron chi connectivity index (χ1n) is 10.4. The molecule has 31 heavy (non-hydrogen) atoms. The number of ketones is 2. The van der Waals surface area contributed by atoms with E-state index in [2.05, 4.69) is 0 Å². The Bertz CT molecular complexity index is 931. The van der Waals surface area contributed by atoms with Crippen molar-refractivity contribution < 1.29 is 70.2 Å². The van der Waals surface area contributed by atoms with Crippen molar-refractivity contribution in [3.05, 3.63) is 23.0 Å². The molecule has 8 nitrogen and oxygen atoms in total. The van der Waals surface area contributed by atoms with Crippen LogP contribution in [0, 0.1) is 28.6 Å². The van der Waals surface area contributed by atoms with Crippen LogP contribution in [0.15, 0.2) is 23.0 Å². The van der Waals surface area contributed by atoms with E-state index >= 15 is 0 Å². The topological polar surface area (TPSA) is 152 Å². The molecule has 0 amide bonds. The summed E-state index contributed by atoms with van der Waals surface area (Å²) in [5.41, 5.74) is -3.23. The first-order chi connectivity index (χ1) is 13.8. The van der Waals surface area contributed by atoms with E-state index in [4.69, 9.17) is 0 Å². The fraction of sp³-hybridized carbons (Fsp3) is 0.714. The minimum absolute atomic E-state index is 0. The monoisotopic (exact) mass is 464 g/mol. The molecule has 4 rings (SSSR count). The summed E-state index contributed by atoms with van der Waals surface area (Å²) in [5.74, 6) is -2.00. The van der Waals surface area contributed by atoms with Gasteiger partial charge in [-0.3, -0.25) is 14.2 Å². The van der Waals surface area contributed by atoms with Crippen LogP contribution in [-0.4, -0.2) is 55.0 Å². The molecule has 4 aliphatic rings. The second kappa shape index (κ2) is 7.97. The van der Waals surface area contributed by atoms with Crippen molar-refractivity contribution in [3.8, 4) is 0 Å². The van der Waals surface area contributed by atoms with Gasteiger partial charge in [0, 0.05) is 16.7 Å². The molecule has 4 aliphatic carbocycles. The van der Waals surface area contributed by atoms with Crippen molar-refractivity contribution in [1.29, 1.82) is 0 Å². The summed E-state index contributed by atoms with van der Waals surface area (Å²) >= 11 is 0. The number of carbonyl (C=O) groups is 2. The Morgan fingerprint density at radius 1 is 1.26 bits per heavy atom. The van der Waals surface area contributed by atoms with Gasteiger partial charge in [-0.05, 0) is 56.1 Å². The second-order valence-corrected chi connectivity index (χ2v) is 11.4. The number of fused-ring (bicyclic) bond motifs is 5. The summed E-state index contributed by atoms with van der Waals surface area (Å²) in [4.78, 5) is 44.6.